The Labute approximate surface area is 70.0 Å². The lowest BCUT2D eigenvalue weighted by Crippen LogP contribution is -2.22. The Morgan fingerprint density at radius 1 is 1.58 bits per heavy atom. The summed E-state index contributed by atoms with van der Waals surface area (Å²) in [4.78, 5) is 15.4. The second kappa shape index (κ2) is 2.62. The maximum atomic E-state index is 11.3. The molecule has 0 bridgehead atoms. The van der Waals surface area contributed by atoms with Crippen LogP contribution < -0.4 is 5.32 Å². The van der Waals surface area contributed by atoms with E-state index in [1.807, 2.05) is 0 Å². The van der Waals surface area contributed by atoms with Crippen molar-refractivity contribution in [2.75, 3.05) is 6.54 Å². The van der Waals surface area contributed by atoms with Crippen LogP contribution in [0.3, 0.4) is 0 Å². The van der Waals surface area contributed by atoms with E-state index in [-0.39, 0.29) is 5.91 Å². The summed E-state index contributed by atoms with van der Waals surface area (Å²) in [5.41, 5.74) is 0.794. The highest BCUT2D eigenvalue weighted by atomic mass is 16.4. The van der Waals surface area contributed by atoms with Crippen molar-refractivity contribution in [3.63, 3.8) is 0 Å². The third-order valence-electron chi connectivity index (χ3n) is 1.89. The molecule has 1 aliphatic rings. The zero-order chi connectivity index (χ0) is 8.55. The summed E-state index contributed by atoms with van der Waals surface area (Å²) >= 11 is 0. The Hall–Kier alpha value is -1.32. The fraction of sp³-hybridized carbons (Fsp3) is 0.500. The molecule has 64 valence electrons. The van der Waals surface area contributed by atoms with E-state index >= 15 is 0 Å². The first-order valence-corrected chi connectivity index (χ1v) is 4.02. The van der Waals surface area contributed by atoms with E-state index in [2.05, 4.69) is 10.3 Å². The second-order valence-corrected chi connectivity index (χ2v) is 2.87. The minimum Gasteiger partial charge on any atom is -0.436 e. The lowest BCUT2D eigenvalue weighted by Gasteiger charge is -1.95. The first kappa shape index (κ1) is 7.34. The molecule has 4 nitrogen and oxygen atoms in total. The predicted molar refractivity (Wildman–Crippen MR) is 41.9 cm³/mol. The zero-order valence-electron chi connectivity index (χ0n) is 6.89. The number of nitrogens with zero attached hydrogens (tertiary/aromatic N) is 1. The number of fused-ring (bicyclic) bond motifs is 1. The molecule has 0 radical (unpaired) electrons. The zero-order valence-corrected chi connectivity index (χ0v) is 6.89. The highest BCUT2D eigenvalue weighted by Crippen LogP contribution is 2.14. The Kier molecular flexibility index (Phi) is 1.60. The number of oxazole rings is 1. The Morgan fingerprint density at radius 2 is 2.42 bits per heavy atom. The Bertz CT molecular complexity index is 317. The highest BCUT2D eigenvalue weighted by Gasteiger charge is 2.20. The maximum Gasteiger partial charge on any atom is 0.289 e. The van der Waals surface area contributed by atoms with Gasteiger partial charge in [-0.05, 0) is 12.8 Å². The third-order valence-corrected chi connectivity index (χ3v) is 1.89. The van der Waals surface area contributed by atoms with Gasteiger partial charge in [0, 0.05) is 13.5 Å². The maximum absolute atomic E-state index is 11.3. The monoisotopic (exact) mass is 166 g/mol. The predicted octanol–water partition coefficient (Wildman–Crippen LogP) is 0.659. The van der Waals surface area contributed by atoms with Crippen molar-refractivity contribution in [3.05, 3.63) is 17.3 Å². The standard InChI is InChI=1S/C8H10N2O2/c1-5-10-6-3-2-4-9-8(11)7(6)12-5/h2-4H2,1H3,(H,9,11). The van der Waals surface area contributed by atoms with Crippen molar-refractivity contribution in [2.45, 2.75) is 19.8 Å². The molecule has 1 aromatic rings. The molecule has 0 aliphatic carbocycles. The number of aromatic nitrogens is 1. The minimum absolute atomic E-state index is 0.136. The summed E-state index contributed by atoms with van der Waals surface area (Å²) < 4.78 is 5.18. The van der Waals surface area contributed by atoms with E-state index in [0.717, 1.165) is 18.5 Å². The molecule has 12 heavy (non-hydrogen) atoms. The van der Waals surface area contributed by atoms with Crippen LogP contribution in [0.25, 0.3) is 0 Å². The van der Waals surface area contributed by atoms with Crippen LogP contribution in [0.5, 0.6) is 0 Å². The van der Waals surface area contributed by atoms with Gasteiger partial charge in [-0.25, -0.2) is 4.98 Å². The summed E-state index contributed by atoms with van der Waals surface area (Å²) in [5.74, 6) is 0.824. The fourth-order valence-electron chi connectivity index (χ4n) is 1.36. The number of carbonyl (C=O) groups excluding carboxylic acids is 1. The molecule has 0 saturated heterocycles. The summed E-state index contributed by atoms with van der Waals surface area (Å²) in [6.07, 6.45) is 1.76. The van der Waals surface area contributed by atoms with E-state index in [0.29, 0.717) is 18.2 Å². The van der Waals surface area contributed by atoms with Crippen LogP contribution in [0.4, 0.5) is 0 Å². The van der Waals surface area contributed by atoms with E-state index < -0.39 is 0 Å². The fourth-order valence-corrected chi connectivity index (χ4v) is 1.36. The molecule has 2 rings (SSSR count). The number of carbonyl (C=O) groups is 1. The Balaban J connectivity index is 2.44. The van der Waals surface area contributed by atoms with Crippen LogP contribution in [-0.2, 0) is 6.42 Å². The van der Waals surface area contributed by atoms with E-state index in [1.54, 1.807) is 6.92 Å². The van der Waals surface area contributed by atoms with Gasteiger partial charge in [-0.1, -0.05) is 0 Å². The van der Waals surface area contributed by atoms with Crippen LogP contribution in [0, 0.1) is 6.92 Å². The highest BCUT2D eigenvalue weighted by molar-refractivity contribution is 5.92. The average molecular weight is 166 g/mol. The van der Waals surface area contributed by atoms with E-state index in [9.17, 15) is 4.79 Å². The number of rotatable bonds is 0. The summed E-state index contributed by atoms with van der Waals surface area (Å²) in [5, 5.41) is 2.74. The normalized spacial score (nSPS) is 16.6. The van der Waals surface area contributed by atoms with Crippen LogP contribution in [0.2, 0.25) is 0 Å². The van der Waals surface area contributed by atoms with Gasteiger partial charge in [0.1, 0.15) is 0 Å². The van der Waals surface area contributed by atoms with Crippen molar-refractivity contribution in [1.29, 1.82) is 0 Å². The lowest BCUT2D eigenvalue weighted by molar-refractivity contribution is 0.0927. The SMILES string of the molecule is Cc1nc2c(o1)C(=O)NCCC2. The second-order valence-electron chi connectivity index (χ2n) is 2.87. The quantitative estimate of drug-likeness (QED) is 0.616. The van der Waals surface area contributed by atoms with Gasteiger partial charge in [-0.15, -0.1) is 0 Å². The molecule has 1 aromatic heterocycles. The first-order valence-electron chi connectivity index (χ1n) is 4.02. The van der Waals surface area contributed by atoms with Gasteiger partial charge in [-0.2, -0.15) is 0 Å². The Morgan fingerprint density at radius 3 is 3.25 bits per heavy atom. The van der Waals surface area contributed by atoms with Gasteiger partial charge >= 0.3 is 0 Å². The molecule has 2 heterocycles. The van der Waals surface area contributed by atoms with Crippen LogP contribution in [-0.4, -0.2) is 17.4 Å². The van der Waals surface area contributed by atoms with Gasteiger partial charge in [0.05, 0.1) is 5.69 Å². The average Bonchev–Trinajstić information content (AvgIpc) is 2.33. The molecule has 4 heteroatoms. The molecule has 0 atom stereocenters. The minimum atomic E-state index is -0.136. The molecule has 1 aliphatic heterocycles. The number of aryl methyl sites for hydroxylation is 2. The van der Waals surface area contributed by atoms with E-state index in [4.69, 9.17) is 4.42 Å². The molecule has 0 saturated carbocycles. The molecule has 1 amide bonds. The van der Waals surface area contributed by atoms with Gasteiger partial charge < -0.3 is 9.73 Å². The largest absolute Gasteiger partial charge is 0.436 e. The van der Waals surface area contributed by atoms with Crippen molar-refractivity contribution in [3.8, 4) is 0 Å². The van der Waals surface area contributed by atoms with Crippen LogP contribution in [0.15, 0.2) is 4.42 Å². The number of hydrogen-bond acceptors (Lipinski definition) is 3. The van der Waals surface area contributed by atoms with Crippen LogP contribution in [0.1, 0.15) is 28.6 Å². The molecule has 0 fully saturated rings. The number of nitrogens with one attached hydrogen (secondary N) is 1. The molecule has 0 spiro atoms. The van der Waals surface area contributed by atoms with Crippen molar-refractivity contribution >= 4 is 5.91 Å². The van der Waals surface area contributed by atoms with Gasteiger partial charge in [-0.3, -0.25) is 4.79 Å². The van der Waals surface area contributed by atoms with Crippen molar-refractivity contribution in [1.82, 2.24) is 10.3 Å². The van der Waals surface area contributed by atoms with Crippen molar-refractivity contribution < 1.29 is 9.21 Å². The van der Waals surface area contributed by atoms with Crippen LogP contribution >= 0.6 is 0 Å². The number of amides is 1. The van der Waals surface area contributed by atoms with E-state index in [1.165, 1.54) is 0 Å². The third kappa shape index (κ3) is 1.09. The number of hydrogen-bond donors (Lipinski definition) is 1. The molecule has 0 aromatic carbocycles. The molecule has 0 unspecified atom stereocenters. The van der Waals surface area contributed by atoms with Gasteiger partial charge in [0.25, 0.3) is 5.91 Å². The molecular weight excluding hydrogens is 156 g/mol. The summed E-state index contributed by atoms with van der Waals surface area (Å²) in [6, 6.07) is 0. The first-order chi connectivity index (χ1) is 5.77. The molecular formula is C8H10N2O2. The summed E-state index contributed by atoms with van der Waals surface area (Å²) in [7, 11) is 0. The summed E-state index contributed by atoms with van der Waals surface area (Å²) in [6.45, 7) is 2.46. The lowest BCUT2D eigenvalue weighted by atomic mass is 10.2. The topological polar surface area (TPSA) is 55.1 Å². The smallest absolute Gasteiger partial charge is 0.289 e. The van der Waals surface area contributed by atoms with Crippen molar-refractivity contribution in [2.24, 2.45) is 0 Å². The molecule has 1 N–H and O–H groups in total. The van der Waals surface area contributed by atoms with Gasteiger partial charge in [0.15, 0.2) is 5.89 Å². The van der Waals surface area contributed by atoms with Gasteiger partial charge in [0.2, 0.25) is 5.76 Å².